The van der Waals surface area contributed by atoms with Crippen LogP contribution >= 0.6 is 0 Å². The Bertz CT molecular complexity index is 433. The van der Waals surface area contributed by atoms with E-state index < -0.39 is 29.3 Å². The van der Waals surface area contributed by atoms with E-state index in [1.165, 1.54) is 19.1 Å². The Balaban J connectivity index is 3.32. The van der Waals surface area contributed by atoms with Gasteiger partial charge >= 0.3 is 5.92 Å². The minimum Gasteiger partial charge on any atom is -0.354 e. The molecule has 3 nitrogen and oxygen atoms in total. The van der Waals surface area contributed by atoms with Crippen molar-refractivity contribution in [2.24, 2.45) is 5.73 Å². The summed E-state index contributed by atoms with van der Waals surface area (Å²) < 4.78 is 40.9. The first kappa shape index (κ1) is 13.5. The molecule has 0 heterocycles. The Morgan fingerprint density at radius 3 is 2.53 bits per heavy atom. The molecule has 0 aromatic heterocycles. The van der Waals surface area contributed by atoms with E-state index in [9.17, 15) is 18.0 Å². The Hall–Kier alpha value is -1.56. The van der Waals surface area contributed by atoms with E-state index >= 15 is 0 Å². The van der Waals surface area contributed by atoms with Crippen LogP contribution in [0.25, 0.3) is 0 Å². The highest BCUT2D eigenvalue weighted by molar-refractivity contribution is 5.84. The van der Waals surface area contributed by atoms with Crippen LogP contribution in [0.3, 0.4) is 0 Å². The molecule has 1 aromatic rings. The van der Waals surface area contributed by atoms with E-state index in [2.05, 4.69) is 0 Å². The fourth-order valence-corrected chi connectivity index (χ4v) is 1.42. The van der Waals surface area contributed by atoms with Gasteiger partial charge in [0.25, 0.3) is 5.91 Å². The molecular weight excluding hydrogens is 233 g/mol. The molecule has 0 radical (unpaired) electrons. The molecule has 0 bridgehead atoms. The molecule has 0 aliphatic rings. The second kappa shape index (κ2) is 4.75. The summed E-state index contributed by atoms with van der Waals surface area (Å²) in [6, 6.07) is 2.70. The highest BCUT2D eigenvalue weighted by Crippen LogP contribution is 2.32. The zero-order valence-corrected chi connectivity index (χ0v) is 9.43. The third kappa shape index (κ3) is 2.41. The lowest BCUT2D eigenvalue weighted by atomic mass is 10.00. The smallest absolute Gasteiger partial charge is 0.352 e. The quantitative estimate of drug-likeness (QED) is 0.852. The fourth-order valence-electron chi connectivity index (χ4n) is 1.42. The minimum atomic E-state index is -3.91. The summed E-state index contributed by atoms with van der Waals surface area (Å²) >= 11 is 0. The van der Waals surface area contributed by atoms with Gasteiger partial charge in [-0.25, -0.2) is 4.39 Å². The maximum atomic E-state index is 13.8. The molecule has 0 saturated heterocycles. The molecule has 1 atom stereocenters. The summed E-state index contributed by atoms with van der Waals surface area (Å²) in [5, 5.41) is 1.79. The van der Waals surface area contributed by atoms with Crippen LogP contribution in [0.1, 0.15) is 24.1 Å². The highest BCUT2D eigenvalue weighted by atomic mass is 19.3. The van der Waals surface area contributed by atoms with Gasteiger partial charge in [-0.05, 0) is 13.0 Å². The average Bonchev–Trinajstić information content (AvgIpc) is 2.27. The van der Waals surface area contributed by atoms with Crippen LogP contribution < -0.4 is 11.1 Å². The first-order chi connectivity index (χ1) is 7.82. The van der Waals surface area contributed by atoms with Gasteiger partial charge in [-0.15, -0.1) is 0 Å². The molecule has 0 fully saturated rings. The van der Waals surface area contributed by atoms with Gasteiger partial charge < -0.3 is 11.1 Å². The molecule has 0 saturated carbocycles. The molecule has 1 amide bonds. The van der Waals surface area contributed by atoms with E-state index in [0.29, 0.717) is 0 Å². The van der Waals surface area contributed by atoms with Gasteiger partial charge in [-0.2, -0.15) is 8.78 Å². The molecule has 0 aliphatic carbocycles. The van der Waals surface area contributed by atoms with Crippen molar-refractivity contribution in [2.75, 3.05) is 7.05 Å². The van der Waals surface area contributed by atoms with Crippen LogP contribution in [0.15, 0.2) is 18.2 Å². The van der Waals surface area contributed by atoms with Crippen molar-refractivity contribution in [3.8, 4) is 0 Å². The first-order valence-electron chi connectivity index (χ1n) is 4.96. The van der Waals surface area contributed by atoms with Crippen molar-refractivity contribution in [3.05, 3.63) is 35.1 Å². The number of halogens is 3. The number of hydrogen-bond donors (Lipinski definition) is 2. The highest BCUT2D eigenvalue weighted by Gasteiger charge is 2.43. The molecule has 0 unspecified atom stereocenters. The summed E-state index contributed by atoms with van der Waals surface area (Å²) in [5.74, 6) is -6.61. The summed E-state index contributed by atoms with van der Waals surface area (Å²) in [4.78, 5) is 11.0. The predicted molar refractivity (Wildman–Crippen MR) is 57.0 cm³/mol. The summed E-state index contributed by atoms with van der Waals surface area (Å²) in [6.07, 6.45) is 0. The predicted octanol–water partition coefficient (Wildman–Crippen LogP) is 1.68. The number of rotatable bonds is 3. The monoisotopic (exact) mass is 246 g/mol. The van der Waals surface area contributed by atoms with Gasteiger partial charge in [0.05, 0.1) is 5.56 Å². The van der Waals surface area contributed by atoms with E-state index in [-0.39, 0.29) is 5.56 Å². The summed E-state index contributed by atoms with van der Waals surface area (Å²) in [7, 11) is 1.06. The average molecular weight is 246 g/mol. The SMILES string of the molecule is CNC(=O)C(F)(F)c1cccc([C@@H](C)N)c1F. The second-order valence-electron chi connectivity index (χ2n) is 3.65. The number of benzene rings is 1. The normalized spacial score (nSPS) is 13.3. The van der Waals surface area contributed by atoms with E-state index in [1.54, 1.807) is 5.32 Å². The molecule has 1 aromatic carbocycles. The molecule has 0 aliphatic heterocycles. The van der Waals surface area contributed by atoms with Gasteiger partial charge in [0, 0.05) is 18.7 Å². The van der Waals surface area contributed by atoms with Crippen molar-refractivity contribution in [1.29, 1.82) is 0 Å². The van der Waals surface area contributed by atoms with E-state index in [4.69, 9.17) is 5.73 Å². The molecular formula is C11H13F3N2O. The number of carbonyl (C=O) groups is 1. The number of alkyl halides is 2. The van der Waals surface area contributed by atoms with Crippen molar-refractivity contribution in [2.45, 2.75) is 18.9 Å². The standard InChI is InChI=1S/C11H13F3N2O/c1-6(15)7-4-3-5-8(9(7)12)11(13,14)10(17)16-2/h3-6H,15H2,1-2H3,(H,16,17)/t6-/m1/s1. The minimum absolute atomic E-state index is 0.0499. The number of nitrogens with two attached hydrogens (primary N) is 1. The van der Waals surface area contributed by atoms with Gasteiger partial charge in [0.15, 0.2) is 0 Å². The van der Waals surface area contributed by atoms with E-state index in [1.807, 2.05) is 0 Å². The second-order valence-corrected chi connectivity index (χ2v) is 3.65. The number of hydrogen-bond acceptors (Lipinski definition) is 2. The van der Waals surface area contributed by atoms with Crippen molar-refractivity contribution >= 4 is 5.91 Å². The third-order valence-corrected chi connectivity index (χ3v) is 2.37. The fraction of sp³-hybridized carbons (Fsp3) is 0.364. The third-order valence-electron chi connectivity index (χ3n) is 2.37. The first-order valence-corrected chi connectivity index (χ1v) is 4.96. The lowest BCUT2D eigenvalue weighted by Gasteiger charge is -2.18. The van der Waals surface area contributed by atoms with Gasteiger partial charge in [0.1, 0.15) is 5.82 Å². The maximum absolute atomic E-state index is 13.8. The van der Waals surface area contributed by atoms with Crippen LogP contribution in [0, 0.1) is 5.82 Å². The van der Waals surface area contributed by atoms with Crippen LogP contribution in [0.2, 0.25) is 0 Å². The Labute approximate surface area is 96.8 Å². The maximum Gasteiger partial charge on any atom is 0.352 e. The van der Waals surface area contributed by atoms with Crippen molar-refractivity contribution < 1.29 is 18.0 Å². The van der Waals surface area contributed by atoms with Crippen LogP contribution in [0.5, 0.6) is 0 Å². The summed E-state index contributed by atoms with van der Waals surface area (Å²) in [5.41, 5.74) is 4.43. The summed E-state index contributed by atoms with van der Waals surface area (Å²) in [6.45, 7) is 1.47. The van der Waals surface area contributed by atoms with Crippen LogP contribution in [-0.4, -0.2) is 13.0 Å². The van der Waals surface area contributed by atoms with Crippen molar-refractivity contribution in [1.82, 2.24) is 5.32 Å². The van der Waals surface area contributed by atoms with E-state index in [0.717, 1.165) is 13.1 Å². The molecule has 3 N–H and O–H groups in total. The number of amides is 1. The lowest BCUT2D eigenvalue weighted by Crippen LogP contribution is -2.36. The molecule has 94 valence electrons. The molecule has 0 spiro atoms. The number of likely N-dealkylation sites (N-methyl/N-ethyl adjacent to an activating group) is 1. The van der Waals surface area contributed by atoms with Gasteiger partial charge in [0.2, 0.25) is 0 Å². The Morgan fingerprint density at radius 1 is 1.47 bits per heavy atom. The van der Waals surface area contributed by atoms with Crippen molar-refractivity contribution in [3.63, 3.8) is 0 Å². The topological polar surface area (TPSA) is 55.1 Å². The zero-order valence-electron chi connectivity index (χ0n) is 9.43. The van der Waals surface area contributed by atoms with Gasteiger partial charge in [-0.3, -0.25) is 4.79 Å². The molecule has 6 heteroatoms. The molecule has 1 rings (SSSR count). The van der Waals surface area contributed by atoms with Gasteiger partial charge in [-0.1, -0.05) is 12.1 Å². The van der Waals surface area contributed by atoms with Crippen LogP contribution in [-0.2, 0) is 10.7 Å². The number of carbonyl (C=O) groups excluding carboxylic acids is 1. The largest absolute Gasteiger partial charge is 0.354 e. The Kier molecular flexibility index (Phi) is 3.77. The Morgan fingerprint density at radius 2 is 2.06 bits per heavy atom. The molecule has 17 heavy (non-hydrogen) atoms. The zero-order chi connectivity index (χ0) is 13.2. The lowest BCUT2D eigenvalue weighted by molar-refractivity contribution is -0.146. The number of nitrogens with one attached hydrogen (secondary N) is 1. The van der Waals surface area contributed by atoms with Crippen LogP contribution in [0.4, 0.5) is 13.2 Å².